The van der Waals surface area contributed by atoms with Gasteiger partial charge >= 0.3 is 12.1 Å². The lowest BCUT2D eigenvalue weighted by Crippen LogP contribution is -2.55. The van der Waals surface area contributed by atoms with Gasteiger partial charge in [-0.25, -0.2) is 4.79 Å². The van der Waals surface area contributed by atoms with Gasteiger partial charge in [0.05, 0.1) is 6.10 Å². The molecule has 1 aliphatic heterocycles. The number of piperidine rings is 1. The van der Waals surface area contributed by atoms with E-state index in [-0.39, 0.29) is 32.0 Å². The largest absolute Gasteiger partial charge is 0.481 e. The Kier molecular flexibility index (Phi) is 4.59. The van der Waals surface area contributed by atoms with Crippen LogP contribution in [0.2, 0.25) is 0 Å². The highest BCUT2D eigenvalue weighted by atomic mass is 16.6. The van der Waals surface area contributed by atoms with E-state index in [0.717, 1.165) is 22.3 Å². The van der Waals surface area contributed by atoms with Crippen molar-refractivity contribution in [2.45, 2.75) is 25.4 Å². The number of amides is 1. The number of aliphatic hydroxyl groups is 1. The van der Waals surface area contributed by atoms with Crippen molar-refractivity contribution in [3.05, 3.63) is 59.7 Å². The van der Waals surface area contributed by atoms with Crippen molar-refractivity contribution in [3.63, 3.8) is 0 Å². The Labute approximate surface area is 163 Å². The summed E-state index contributed by atoms with van der Waals surface area (Å²) in [5.41, 5.74) is 3.17. The van der Waals surface area contributed by atoms with E-state index in [4.69, 9.17) is 4.74 Å². The van der Waals surface area contributed by atoms with E-state index in [9.17, 15) is 19.8 Å². The topological polar surface area (TPSA) is 87.1 Å². The van der Waals surface area contributed by atoms with Gasteiger partial charge in [0.2, 0.25) is 0 Å². The summed E-state index contributed by atoms with van der Waals surface area (Å²) in [4.78, 5) is 25.6. The molecule has 2 aromatic carbocycles. The van der Waals surface area contributed by atoms with Crippen LogP contribution < -0.4 is 0 Å². The second-order valence-electron chi connectivity index (χ2n) is 7.75. The maximum atomic E-state index is 12.6. The van der Waals surface area contributed by atoms with Crippen LogP contribution in [0.3, 0.4) is 0 Å². The molecule has 2 aromatic rings. The van der Waals surface area contributed by atoms with Crippen molar-refractivity contribution in [3.8, 4) is 11.1 Å². The van der Waals surface area contributed by atoms with Crippen LogP contribution in [-0.2, 0) is 9.53 Å². The molecular weight excluding hydrogens is 358 g/mol. The lowest BCUT2D eigenvalue weighted by molar-refractivity contribution is -0.159. The van der Waals surface area contributed by atoms with Crippen molar-refractivity contribution < 1.29 is 24.5 Å². The zero-order chi connectivity index (χ0) is 19.9. The minimum Gasteiger partial charge on any atom is -0.481 e. The van der Waals surface area contributed by atoms with E-state index in [1.165, 1.54) is 11.8 Å². The molecule has 1 aliphatic carbocycles. The van der Waals surface area contributed by atoms with Crippen LogP contribution in [0.5, 0.6) is 0 Å². The molecule has 1 saturated heterocycles. The summed E-state index contributed by atoms with van der Waals surface area (Å²) in [6.45, 7) is 1.86. The van der Waals surface area contributed by atoms with E-state index in [0.29, 0.717) is 0 Å². The predicted octanol–water partition coefficient (Wildman–Crippen LogP) is 3.09. The molecule has 0 aromatic heterocycles. The first-order valence-electron chi connectivity index (χ1n) is 9.43. The van der Waals surface area contributed by atoms with E-state index in [1.807, 2.05) is 36.4 Å². The molecule has 1 fully saturated rings. The number of carboxylic acids is 1. The Hall–Kier alpha value is -2.86. The average molecular weight is 381 g/mol. The van der Waals surface area contributed by atoms with Gasteiger partial charge in [0.15, 0.2) is 0 Å². The Morgan fingerprint density at radius 1 is 1.11 bits per heavy atom. The number of benzene rings is 2. The number of nitrogens with zero attached hydrogens (tertiary/aromatic N) is 1. The summed E-state index contributed by atoms with van der Waals surface area (Å²) in [7, 11) is 0. The lowest BCUT2D eigenvalue weighted by Gasteiger charge is -2.40. The van der Waals surface area contributed by atoms with Gasteiger partial charge in [-0.3, -0.25) is 4.79 Å². The zero-order valence-electron chi connectivity index (χ0n) is 15.7. The third-order valence-electron chi connectivity index (χ3n) is 6.01. The fourth-order valence-corrected chi connectivity index (χ4v) is 4.23. The molecule has 2 N–H and O–H groups in total. The van der Waals surface area contributed by atoms with Gasteiger partial charge < -0.3 is 19.8 Å². The Morgan fingerprint density at radius 2 is 1.68 bits per heavy atom. The van der Waals surface area contributed by atoms with Crippen molar-refractivity contribution in [1.82, 2.24) is 4.90 Å². The Balaban J connectivity index is 1.49. The molecule has 2 aliphatic rings. The number of carbonyl (C=O) groups is 2. The monoisotopic (exact) mass is 381 g/mol. The summed E-state index contributed by atoms with van der Waals surface area (Å²) in [5, 5.41) is 19.5. The first-order valence-corrected chi connectivity index (χ1v) is 9.43. The SMILES string of the molecule is CC1(C(=O)O)CN(C(=O)OCC2c3ccccc3-c3ccccc32)CCC1O. The van der Waals surface area contributed by atoms with E-state index in [1.54, 1.807) is 0 Å². The van der Waals surface area contributed by atoms with Gasteiger partial charge in [-0.05, 0) is 35.6 Å². The number of aliphatic carboxylic acids is 1. The van der Waals surface area contributed by atoms with Crippen LogP contribution in [0.4, 0.5) is 4.79 Å². The molecule has 4 rings (SSSR count). The molecule has 28 heavy (non-hydrogen) atoms. The van der Waals surface area contributed by atoms with E-state index >= 15 is 0 Å². The molecule has 6 heteroatoms. The number of likely N-dealkylation sites (tertiary alicyclic amines) is 1. The molecule has 0 bridgehead atoms. The van der Waals surface area contributed by atoms with Crippen LogP contribution in [0.15, 0.2) is 48.5 Å². The molecule has 1 amide bonds. The third kappa shape index (κ3) is 2.94. The first-order chi connectivity index (χ1) is 13.4. The molecule has 2 unspecified atom stereocenters. The van der Waals surface area contributed by atoms with E-state index in [2.05, 4.69) is 12.1 Å². The third-order valence-corrected chi connectivity index (χ3v) is 6.01. The van der Waals surface area contributed by atoms with Gasteiger partial charge in [0.1, 0.15) is 12.0 Å². The minimum atomic E-state index is -1.39. The molecule has 2 atom stereocenters. The number of carboxylic acid groups (broad SMARTS) is 1. The standard InChI is InChI=1S/C22H23NO5/c1-22(20(25)26)13-23(11-10-19(22)24)21(27)28-12-18-16-8-4-2-6-14(16)15-7-3-5-9-17(15)18/h2-9,18-19,24H,10-13H2,1H3,(H,25,26). The second kappa shape index (κ2) is 6.95. The molecule has 146 valence electrons. The maximum Gasteiger partial charge on any atom is 0.409 e. The highest BCUT2D eigenvalue weighted by Gasteiger charge is 2.46. The van der Waals surface area contributed by atoms with Crippen molar-refractivity contribution in [2.24, 2.45) is 5.41 Å². The smallest absolute Gasteiger partial charge is 0.409 e. The van der Waals surface area contributed by atoms with Gasteiger partial charge in [-0.15, -0.1) is 0 Å². The number of carbonyl (C=O) groups excluding carboxylic acids is 1. The Bertz CT molecular complexity index is 881. The normalized spacial score (nSPS) is 23.8. The van der Waals surface area contributed by atoms with Crippen molar-refractivity contribution >= 4 is 12.1 Å². The number of fused-ring (bicyclic) bond motifs is 3. The van der Waals surface area contributed by atoms with Gasteiger partial charge in [0.25, 0.3) is 0 Å². The van der Waals surface area contributed by atoms with Gasteiger partial charge in [-0.2, -0.15) is 0 Å². The number of ether oxygens (including phenoxy) is 1. The lowest BCUT2D eigenvalue weighted by atomic mass is 9.79. The summed E-state index contributed by atoms with van der Waals surface area (Å²) in [6.07, 6.45) is -1.31. The van der Waals surface area contributed by atoms with E-state index < -0.39 is 23.6 Å². The van der Waals surface area contributed by atoms with Gasteiger partial charge in [0, 0.05) is 19.0 Å². The summed E-state index contributed by atoms with van der Waals surface area (Å²) >= 11 is 0. The van der Waals surface area contributed by atoms with Crippen LogP contribution >= 0.6 is 0 Å². The highest BCUT2D eigenvalue weighted by Crippen LogP contribution is 2.44. The highest BCUT2D eigenvalue weighted by molar-refractivity contribution is 5.79. The molecular formula is C22H23NO5. The van der Waals surface area contributed by atoms with Crippen molar-refractivity contribution in [1.29, 1.82) is 0 Å². The average Bonchev–Trinajstić information content (AvgIpc) is 3.02. The zero-order valence-corrected chi connectivity index (χ0v) is 15.7. The van der Waals surface area contributed by atoms with Gasteiger partial charge in [-0.1, -0.05) is 48.5 Å². The first kappa shape index (κ1) is 18.5. The number of hydrogen-bond donors (Lipinski definition) is 2. The minimum absolute atomic E-state index is 0.0439. The maximum absolute atomic E-state index is 12.6. The van der Waals surface area contributed by atoms with Crippen LogP contribution in [-0.4, -0.2) is 53.0 Å². The predicted molar refractivity (Wildman–Crippen MR) is 103 cm³/mol. The second-order valence-corrected chi connectivity index (χ2v) is 7.75. The quantitative estimate of drug-likeness (QED) is 0.853. The number of hydrogen-bond acceptors (Lipinski definition) is 4. The van der Waals surface area contributed by atoms with Crippen molar-refractivity contribution in [2.75, 3.05) is 19.7 Å². The Morgan fingerprint density at radius 3 is 2.25 bits per heavy atom. The number of rotatable bonds is 3. The van der Waals surface area contributed by atoms with Crippen LogP contribution in [0.25, 0.3) is 11.1 Å². The van der Waals surface area contributed by atoms with Crippen LogP contribution in [0, 0.1) is 5.41 Å². The fourth-order valence-electron chi connectivity index (χ4n) is 4.23. The molecule has 0 saturated carbocycles. The molecule has 1 heterocycles. The number of aliphatic hydroxyl groups excluding tert-OH is 1. The van der Waals surface area contributed by atoms with Crippen LogP contribution in [0.1, 0.15) is 30.4 Å². The molecule has 0 radical (unpaired) electrons. The summed E-state index contributed by atoms with van der Waals surface area (Å²) < 4.78 is 5.60. The summed E-state index contributed by atoms with van der Waals surface area (Å²) in [5.74, 6) is -1.16. The molecule has 6 nitrogen and oxygen atoms in total. The molecule has 0 spiro atoms. The summed E-state index contributed by atoms with van der Waals surface area (Å²) in [6, 6.07) is 16.2. The fraction of sp³-hybridized carbons (Fsp3) is 0.364.